The van der Waals surface area contributed by atoms with Crippen LogP contribution in [0.4, 0.5) is 0 Å². The summed E-state index contributed by atoms with van der Waals surface area (Å²) in [5.41, 5.74) is 0. The molecule has 5 nitrogen and oxygen atoms in total. The van der Waals surface area contributed by atoms with E-state index >= 15 is 0 Å². The van der Waals surface area contributed by atoms with Crippen molar-refractivity contribution in [1.82, 2.24) is 9.80 Å². The van der Waals surface area contributed by atoms with Gasteiger partial charge in [-0.2, -0.15) is 0 Å². The minimum atomic E-state index is -0.0873. The number of rotatable bonds is 31. The van der Waals surface area contributed by atoms with Crippen LogP contribution in [0.1, 0.15) is 168 Å². The number of hydrogen-bond acceptors (Lipinski definition) is 4. The van der Waals surface area contributed by atoms with Gasteiger partial charge in [0.25, 0.3) is 0 Å². The van der Waals surface area contributed by atoms with Gasteiger partial charge in [0.2, 0.25) is 5.91 Å². The zero-order valence-corrected chi connectivity index (χ0v) is 28.1. The van der Waals surface area contributed by atoms with Crippen LogP contribution in [-0.2, 0) is 14.3 Å². The first-order chi connectivity index (χ1) is 20.0. The third kappa shape index (κ3) is 26.0. The zero-order chi connectivity index (χ0) is 30.4. The summed E-state index contributed by atoms with van der Waals surface area (Å²) in [7, 11) is 4.25. The average molecular weight is 579 g/mol. The van der Waals surface area contributed by atoms with Crippen molar-refractivity contribution in [3.8, 4) is 0 Å². The molecule has 0 aliphatic heterocycles. The minimum Gasteiger partial charge on any atom is -0.466 e. The summed E-state index contributed by atoms with van der Waals surface area (Å²) in [6.45, 7) is 10.3. The molecule has 0 N–H and O–H groups in total. The molecule has 242 valence electrons. The van der Waals surface area contributed by atoms with E-state index in [1.165, 1.54) is 83.5 Å². The lowest BCUT2D eigenvalue weighted by Crippen LogP contribution is -2.41. The second kappa shape index (κ2) is 30.1. The Kier molecular flexibility index (Phi) is 29.1. The van der Waals surface area contributed by atoms with Crippen molar-refractivity contribution < 1.29 is 14.3 Å². The lowest BCUT2D eigenvalue weighted by atomic mass is 9.97. The topological polar surface area (TPSA) is 49.9 Å². The van der Waals surface area contributed by atoms with E-state index in [1.54, 1.807) is 0 Å². The van der Waals surface area contributed by atoms with Gasteiger partial charge in [0.15, 0.2) is 0 Å². The summed E-state index contributed by atoms with van der Waals surface area (Å²) >= 11 is 0. The lowest BCUT2D eigenvalue weighted by molar-refractivity contribution is -0.143. The number of carbonyl (C=O) groups excluding carboxylic acids is 2. The number of amides is 1. The van der Waals surface area contributed by atoms with Gasteiger partial charge in [0.05, 0.1) is 6.61 Å². The molecule has 0 aromatic carbocycles. The number of nitrogens with zero attached hydrogens (tertiary/aromatic N) is 2. The average Bonchev–Trinajstić information content (AvgIpc) is 2.94. The molecular formula is C36H70N2O3. The monoisotopic (exact) mass is 579 g/mol. The molecule has 0 aromatic heterocycles. The minimum absolute atomic E-state index is 0.0873. The van der Waals surface area contributed by atoms with E-state index in [0.717, 1.165) is 70.9 Å². The summed E-state index contributed by atoms with van der Waals surface area (Å²) in [5, 5.41) is 0. The van der Waals surface area contributed by atoms with Gasteiger partial charge < -0.3 is 14.5 Å². The zero-order valence-electron chi connectivity index (χ0n) is 28.1. The fourth-order valence-electron chi connectivity index (χ4n) is 5.69. The van der Waals surface area contributed by atoms with Crippen LogP contribution in [0.2, 0.25) is 0 Å². The molecule has 0 radical (unpaired) electrons. The maximum absolute atomic E-state index is 13.6. The lowest BCUT2D eigenvalue weighted by Gasteiger charge is -2.33. The van der Waals surface area contributed by atoms with Gasteiger partial charge in [-0.1, -0.05) is 109 Å². The molecule has 0 aliphatic carbocycles. The van der Waals surface area contributed by atoms with Gasteiger partial charge in [-0.25, -0.2) is 0 Å². The second-order valence-electron chi connectivity index (χ2n) is 12.4. The van der Waals surface area contributed by atoms with Crippen LogP contribution in [0.25, 0.3) is 0 Å². The second-order valence-corrected chi connectivity index (χ2v) is 12.4. The van der Waals surface area contributed by atoms with E-state index in [1.807, 2.05) is 13.0 Å². The fourth-order valence-corrected chi connectivity index (χ4v) is 5.69. The van der Waals surface area contributed by atoms with Gasteiger partial charge in [0, 0.05) is 25.4 Å². The number of unbranched alkanes of at least 4 members (excludes halogenated alkanes) is 16. The molecule has 0 saturated heterocycles. The molecule has 0 fully saturated rings. The van der Waals surface area contributed by atoms with Gasteiger partial charge in [-0.3, -0.25) is 9.59 Å². The Morgan fingerprint density at radius 3 is 1.71 bits per heavy atom. The van der Waals surface area contributed by atoms with Crippen LogP contribution < -0.4 is 0 Å². The Hall–Kier alpha value is -1.36. The van der Waals surface area contributed by atoms with Gasteiger partial charge in [-0.15, -0.1) is 6.58 Å². The summed E-state index contributed by atoms with van der Waals surface area (Å²) in [5.74, 6) is 0.281. The highest BCUT2D eigenvalue weighted by atomic mass is 16.5. The number of hydrogen-bond donors (Lipinski definition) is 0. The first kappa shape index (κ1) is 39.6. The number of esters is 1. The van der Waals surface area contributed by atoms with E-state index < -0.39 is 0 Å². The predicted octanol–water partition coefficient (Wildman–Crippen LogP) is 9.88. The van der Waals surface area contributed by atoms with Crippen molar-refractivity contribution in [1.29, 1.82) is 0 Å². The summed E-state index contributed by atoms with van der Waals surface area (Å²) in [6, 6.07) is 0.394. The molecule has 1 unspecified atom stereocenters. The maximum atomic E-state index is 13.6. The summed E-state index contributed by atoms with van der Waals surface area (Å²) in [4.78, 5) is 29.7. The van der Waals surface area contributed by atoms with Crippen molar-refractivity contribution in [3.05, 3.63) is 12.7 Å². The van der Waals surface area contributed by atoms with E-state index in [2.05, 4.69) is 37.4 Å². The molecule has 5 heteroatoms. The van der Waals surface area contributed by atoms with Crippen LogP contribution in [0.3, 0.4) is 0 Å². The third-order valence-electron chi connectivity index (χ3n) is 8.18. The molecule has 0 aliphatic rings. The maximum Gasteiger partial charge on any atom is 0.305 e. The predicted molar refractivity (Wildman–Crippen MR) is 177 cm³/mol. The standard InChI is InChI=1S/C36H70N2O3/c1-6-9-11-13-15-17-20-24-29-34(28-23-19-16-14-12-10-7-2)38(33-27-32-37(4)5)35(39)30-25-21-18-22-26-31-36(40)41-8-3/h6,34H,1,7-33H2,2-5H3. The van der Waals surface area contributed by atoms with Crippen molar-refractivity contribution in [2.75, 3.05) is 33.8 Å². The largest absolute Gasteiger partial charge is 0.466 e. The van der Waals surface area contributed by atoms with Gasteiger partial charge in [0.1, 0.15) is 0 Å². The van der Waals surface area contributed by atoms with Crippen molar-refractivity contribution >= 4 is 11.9 Å². The highest BCUT2D eigenvalue weighted by molar-refractivity contribution is 5.76. The SMILES string of the molecule is C=CCCCCCCCCC(CCCCCCCCC)N(CCCN(C)C)C(=O)CCCCCCCC(=O)OCC. The van der Waals surface area contributed by atoms with Crippen LogP contribution >= 0.6 is 0 Å². The van der Waals surface area contributed by atoms with E-state index in [0.29, 0.717) is 31.4 Å². The Labute approximate surface area is 256 Å². The van der Waals surface area contributed by atoms with Crippen molar-refractivity contribution in [2.45, 2.75) is 174 Å². The van der Waals surface area contributed by atoms with E-state index in [-0.39, 0.29) is 5.97 Å². The molecule has 0 bridgehead atoms. The molecule has 0 saturated carbocycles. The quantitative estimate of drug-likeness (QED) is 0.0466. The Morgan fingerprint density at radius 1 is 0.659 bits per heavy atom. The van der Waals surface area contributed by atoms with E-state index in [9.17, 15) is 9.59 Å². The smallest absolute Gasteiger partial charge is 0.305 e. The van der Waals surface area contributed by atoms with Gasteiger partial charge >= 0.3 is 5.97 Å². The van der Waals surface area contributed by atoms with Crippen LogP contribution in [0, 0.1) is 0 Å². The van der Waals surface area contributed by atoms with Crippen molar-refractivity contribution in [3.63, 3.8) is 0 Å². The van der Waals surface area contributed by atoms with Crippen LogP contribution in [-0.4, -0.2) is 61.5 Å². The molecular weight excluding hydrogens is 508 g/mol. The highest BCUT2D eigenvalue weighted by Gasteiger charge is 2.22. The highest BCUT2D eigenvalue weighted by Crippen LogP contribution is 2.21. The van der Waals surface area contributed by atoms with E-state index in [4.69, 9.17) is 4.74 Å². The first-order valence-electron chi connectivity index (χ1n) is 17.7. The molecule has 0 rings (SSSR count). The van der Waals surface area contributed by atoms with Crippen LogP contribution in [0.5, 0.6) is 0 Å². The molecule has 1 amide bonds. The number of carbonyl (C=O) groups is 2. The summed E-state index contributed by atoms with van der Waals surface area (Å²) < 4.78 is 5.02. The summed E-state index contributed by atoms with van der Waals surface area (Å²) in [6.07, 6.45) is 29.7. The Bertz CT molecular complexity index is 608. The number of allylic oxidation sites excluding steroid dienone is 1. The van der Waals surface area contributed by atoms with Crippen LogP contribution in [0.15, 0.2) is 12.7 Å². The Balaban J connectivity index is 4.86. The normalized spacial score (nSPS) is 12.0. The van der Waals surface area contributed by atoms with Gasteiger partial charge in [-0.05, 0) is 72.5 Å². The molecule has 0 heterocycles. The molecule has 41 heavy (non-hydrogen) atoms. The van der Waals surface area contributed by atoms with Crippen molar-refractivity contribution in [2.24, 2.45) is 0 Å². The molecule has 1 atom stereocenters. The Morgan fingerprint density at radius 2 is 1.17 bits per heavy atom. The number of ether oxygens (including phenoxy) is 1. The fraction of sp³-hybridized carbons (Fsp3) is 0.889. The third-order valence-corrected chi connectivity index (χ3v) is 8.18. The molecule has 0 aromatic rings. The molecule has 0 spiro atoms. The first-order valence-corrected chi connectivity index (χ1v) is 17.7.